The Morgan fingerprint density at radius 1 is 1.04 bits per heavy atom. The molecule has 26 heavy (non-hydrogen) atoms. The van der Waals surface area contributed by atoms with Crippen LogP contribution in [0.2, 0.25) is 0 Å². The normalized spacial score (nSPS) is 48.9. The molecule has 0 bridgehead atoms. The molecule has 2 aliphatic heterocycles. The molecule has 2 saturated carbocycles. The fourth-order valence-corrected chi connectivity index (χ4v) is 5.90. The summed E-state index contributed by atoms with van der Waals surface area (Å²) in [5.74, 6) is -1.59. The number of hydrogen-bond donors (Lipinski definition) is 5. The van der Waals surface area contributed by atoms with Crippen molar-refractivity contribution in [1.29, 1.82) is 0 Å². The summed E-state index contributed by atoms with van der Waals surface area (Å²) in [6.07, 6.45) is 3.59. The molecule has 5 nitrogen and oxygen atoms in total. The van der Waals surface area contributed by atoms with Gasteiger partial charge in [0.15, 0.2) is 0 Å². The van der Waals surface area contributed by atoms with E-state index in [1.165, 1.54) is 0 Å². The fraction of sp³-hybridized carbons (Fsp3) is 1.00. The van der Waals surface area contributed by atoms with Gasteiger partial charge < -0.3 is 10.4 Å². The molecule has 2 heterocycles. The molecule has 8 heteroatoms. The first-order chi connectivity index (χ1) is 12.4. The lowest BCUT2D eigenvalue weighted by atomic mass is 9.69. The summed E-state index contributed by atoms with van der Waals surface area (Å²) in [5.41, 5.74) is 6.81. The van der Waals surface area contributed by atoms with Crippen LogP contribution in [0.25, 0.3) is 0 Å². The number of halogens is 3. The third-order valence-electron chi connectivity index (χ3n) is 6.96. The zero-order valence-electron chi connectivity index (χ0n) is 15.1. The largest absolute Gasteiger partial charge is 0.393 e. The lowest BCUT2D eigenvalue weighted by molar-refractivity contribution is -0.0235. The monoisotopic (exact) mass is 392 g/mol. The van der Waals surface area contributed by atoms with E-state index in [1.54, 1.807) is 0 Å². The Kier molecular flexibility index (Phi) is 5.75. The first-order valence-electron chi connectivity index (χ1n) is 10.1. The molecule has 0 radical (unpaired) electrons. The summed E-state index contributed by atoms with van der Waals surface area (Å²) >= 11 is 6.22. The highest BCUT2D eigenvalue weighted by Crippen LogP contribution is 2.39. The van der Waals surface area contributed by atoms with E-state index in [9.17, 15) is 13.9 Å². The first-order valence-corrected chi connectivity index (χ1v) is 10.5. The topological polar surface area (TPSA) is 68.3 Å². The van der Waals surface area contributed by atoms with E-state index < -0.39 is 5.92 Å². The van der Waals surface area contributed by atoms with Gasteiger partial charge in [-0.05, 0) is 44.6 Å². The smallest absolute Gasteiger partial charge is 0.249 e. The summed E-state index contributed by atoms with van der Waals surface area (Å²) in [6.45, 7) is 1.84. The number of piperidine rings is 1. The quantitative estimate of drug-likeness (QED) is 0.472. The van der Waals surface area contributed by atoms with Crippen molar-refractivity contribution >= 4 is 11.6 Å². The number of alkyl halides is 3. The van der Waals surface area contributed by atoms with Crippen LogP contribution < -0.4 is 21.5 Å². The van der Waals surface area contributed by atoms with Crippen LogP contribution in [0.15, 0.2) is 0 Å². The Labute approximate surface area is 159 Å². The minimum absolute atomic E-state index is 0.0202. The van der Waals surface area contributed by atoms with E-state index >= 15 is 0 Å². The molecule has 0 aromatic heterocycles. The van der Waals surface area contributed by atoms with Crippen LogP contribution in [0.3, 0.4) is 0 Å². The average molecular weight is 393 g/mol. The van der Waals surface area contributed by atoms with Crippen LogP contribution in [0.1, 0.15) is 44.9 Å². The van der Waals surface area contributed by atoms with Gasteiger partial charge in [0.1, 0.15) is 0 Å². The number of hydrazine groups is 1. The van der Waals surface area contributed by atoms with Crippen LogP contribution in [-0.2, 0) is 0 Å². The second kappa shape index (κ2) is 7.76. The van der Waals surface area contributed by atoms with Gasteiger partial charge in [-0.1, -0.05) is 0 Å². The zero-order chi connectivity index (χ0) is 18.3. The minimum Gasteiger partial charge on any atom is -0.393 e. The van der Waals surface area contributed by atoms with Crippen LogP contribution in [0.4, 0.5) is 8.78 Å². The number of hydrogen-bond acceptors (Lipinski definition) is 5. The van der Waals surface area contributed by atoms with Crippen LogP contribution in [-0.4, -0.2) is 53.8 Å². The average Bonchev–Trinajstić information content (AvgIpc) is 2.94. The maximum Gasteiger partial charge on any atom is 0.249 e. The van der Waals surface area contributed by atoms with Gasteiger partial charge in [-0.3, -0.25) is 10.7 Å². The Balaban J connectivity index is 1.42. The van der Waals surface area contributed by atoms with Gasteiger partial charge in [-0.25, -0.2) is 14.2 Å². The van der Waals surface area contributed by atoms with E-state index in [-0.39, 0.29) is 48.5 Å². The Bertz CT molecular complexity index is 500. The molecular formula is C18H31ClF2N4O. The molecule has 0 spiro atoms. The van der Waals surface area contributed by atoms with Gasteiger partial charge in [0, 0.05) is 48.7 Å². The van der Waals surface area contributed by atoms with Crippen LogP contribution >= 0.6 is 11.6 Å². The van der Waals surface area contributed by atoms with Gasteiger partial charge in [0.2, 0.25) is 5.92 Å². The van der Waals surface area contributed by atoms with E-state index in [2.05, 4.69) is 21.5 Å². The Morgan fingerprint density at radius 3 is 2.62 bits per heavy atom. The van der Waals surface area contributed by atoms with Gasteiger partial charge in [0.25, 0.3) is 0 Å². The van der Waals surface area contributed by atoms with Crippen LogP contribution in [0.5, 0.6) is 0 Å². The number of rotatable bonds is 3. The van der Waals surface area contributed by atoms with E-state index in [0.717, 1.165) is 32.4 Å². The van der Waals surface area contributed by atoms with Gasteiger partial charge in [0.05, 0.1) is 12.3 Å². The second-order valence-electron chi connectivity index (χ2n) is 8.72. The fourth-order valence-electron chi connectivity index (χ4n) is 5.59. The summed E-state index contributed by atoms with van der Waals surface area (Å²) in [6, 6.07) is 0.0602. The zero-order valence-corrected chi connectivity index (χ0v) is 15.8. The van der Waals surface area contributed by atoms with Crippen molar-refractivity contribution in [3.63, 3.8) is 0 Å². The molecule has 4 fully saturated rings. The standard InChI is InChI=1S/C18H31ClF2N4O/c19-10-1-2-13(15(26)7-10)16-12-4-6-22-9-14(12)17(25-24-16)23-11-3-5-18(20,21)8-11/h10-17,22-26H,1-9H2/t10?,11-,12?,13?,14?,15?,16?,17?/m1/s1. The minimum atomic E-state index is -2.53. The third kappa shape index (κ3) is 4.03. The van der Waals surface area contributed by atoms with Crippen molar-refractivity contribution < 1.29 is 13.9 Å². The molecule has 2 aliphatic carbocycles. The second-order valence-corrected chi connectivity index (χ2v) is 9.33. The number of aliphatic hydroxyl groups excluding tert-OH is 1. The van der Waals surface area contributed by atoms with Gasteiger partial charge in [-0.2, -0.15) is 0 Å². The van der Waals surface area contributed by atoms with Crippen molar-refractivity contribution in [2.45, 2.75) is 80.6 Å². The summed E-state index contributed by atoms with van der Waals surface area (Å²) in [7, 11) is 0. The molecule has 150 valence electrons. The molecule has 2 saturated heterocycles. The van der Waals surface area contributed by atoms with E-state index in [1.807, 2.05) is 0 Å². The molecule has 4 rings (SSSR count). The maximum absolute atomic E-state index is 13.5. The predicted molar refractivity (Wildman–Crippen MR) is 97.0 cm³/mol. The van der Waals surface area contributed by atoms with Crippen molar-refractivity contribution in [3.05, 3.63) is 0 Å². The lowest BCUT2D eigenvalue weighted by Crippen LogP contribution is -2.71. The maximum atomic E-state index is 13.5. The van der Waals surface area contributed by atoms with Crippen molar-refractivity contribution in [3.8, 4) is 0 Å². The molecular weight excluding hydrogens is 362 g/mol. The molecule has 0 amide bonds. The highest BCUT2D eigenvalue weighted by molar-refractivity contribution is 6.20. The molecule has 4 aliphatic rings. The summed E-state index contributed by atoms with van der Waals surface area (Å²) in [5, 5.41) is 17.5. The first kappa shape index (κ1) is 19.3. The number of aliphatic hydroxyl groups is 1. The number of fused-ring (bicyclic) bond motifs is 1. The lowest BCUT2D eigenvalue weighted by Gasteiger charge is -2.51. The van der Waals surface area contributed by atoms with Gasteiger partial charge >= 0.3 is 0 Å². The van der Waals surface area contributed by atoms with Crippen molar-refractivity contribution in [2.75, 3.05) is 13.1 Å². The van der Waals surface area contributed by atoms with Crippen molar-refractivity contribution in [1.82, 2.24) is 21.5 Å². The molecule has 5 N–H and O–H groups in total. The molecule has 8 atom stereocenters. The molecule has 7 unspecified atom stereocenters. The Morgan fingerprint density at radius 2 is 1.88 bits per heavy atom. The predicted octanol–water partition coefficient (Wildman–Crippen LogP) is 1.56. The SMILES string of the molecule is OC1CC(Cl)CCC1C1NNC(N[C@@H]2CCC(F)(F)C2)C2CNCCC21. The van der Waals surface area contributed by atoms with Gasteiger partial charge in [-0.15, -0.1) is 11.6 Å². The third-order valence-corrected chi connectivity index (χ3v) is 7.36. The van der Waals surface area contributed by atoms with E-state index in [0.29, 0.717) is 24.7 Å². The summed E-state index contributed by atoms with van der Waals surface area (Å²) < 4.78 is 27.1. The highest BCUT2D eigenvalue weighted by Gasteiger charge is 2.48. The highest BCUT2D eigenvalue weighted by atomic mass is 35.5. The molecule has 0 aromatic rings. The van der Waals surface area contributed by atoms with Crippen LogP contribution in [0, 0.1) is 17.8 Å². The molecule has 0 aromatic carbocycles. The van der Waals surface area contributed by atoms with Crippen molar-refractivity contribution in [2.24, 2.45) is 17.8 Å². The Hall–Kier alpha value is -0.0500. The summed E-state index contributed by atoms with van der Waals surface area (Å²) in [4.78, 5) is 0. The van der Waals surface area contributed by atoms with E-state index in [4.69, 9.17) is 11.6 Å². The number of nitrogens with one attached hydrogen (secondary N) is 4.